The van der Waals surface area contributed by atoms with Crippen molar-refractivity contribution < 1.29 is 9.90 Å². The molecular formula is C12H16N2O2. The maximum atomic E-state index is 10.8. The smallest absolute Gasteiger partial charge is 0.305 e. The Kier molecular flexibility index (Phi) is 3.08. The molecule has 1 saturated heterocycles. The summed E-state index contributed by atoms with van der Waals surface area (Å²) in [5, 5.41) is 8.85. The molecule has 1 aliphatic rings. The number of rotatable bonds is 3. The lowest BCUT2D eigenvalue weighted by Gasteiger charge is -2.25. The molecule has 0 amide bonds. The van der Waals surface area contributed by atoms with E-state index in [1.165, 1.54) is 0 Å². The summed E-state index contributed by atoms with van der Waals surface area (Å²) in [4.78, 5) is 17.1. The molecule has 1 N–H and O–H groups in total. The fraction of sp³-hybridized carbons (Fsp3) is 0.500. The number of carboxylic acid groups (broad SMARTS) is 1. The zero-order valence-corrected chi connectivity index (χ0v) is 9.39. The predicted molar refractivity (Wildman–Crippen MR) is 61.6 cm³/mol. The summed E-state index contributed by atoms with van der Waals surface area (Å²) in [5.74, 6) is -0.720. The minimum Gasteiger partial charge on any atom is -0.481 e. The van der Waals surface area contributed by atoms with E-state index in [2.05, 4.69) is 9.88 Å². The van der Waals surface area contributed by atoms with E-state index in [4.69, 9.17) is 5.11 Å². The van der Waals surface area contributed by atoms with Gasteiger partial charge in [0.05, 0.1) is 6.42 Å². The van der Waals surface area contributed by atoms with Gasteiger partial charge >= 0.3 is 5.97 Å². The monoisotopic (exact) mass is 220 g/mol. The molecule has 2 heterocycles. The Morgan fingerprint density at radius 2 is 2.50 bits per heavy atom. The van der Waals surface area contributed by atoms with Crippen LogP contribution in [-0.4, -0.2) is 28.6 Å². The van der Waals surface area contributed by atoms with Gasteiger partial charge in [0.1, 0.15) is 0 Å². The topological polar surface area (TPSA) is 53.4 Å². The van der Waals surface area contributed by atoms with Gasteiger partial charge in [-0.2, -0.15) is 0 Å². The van der Waals surface area contributed by atoms with Gasteiger partial charge in [0.15, 0.2) is 0 Å². The zero-order chi connectivity index (χ0) is 11.5. The van der Waals surface area contributed by atoms with Crippen LogP contribution < -0.4 is 4.90 Å². The summed E-state index contributed by atoms with van der Waals surface area (Å²) in [6.45, 7) is 2.90. The minimum atomic E-state index is -0.720. The average molecular weight is 220 g/mol. The minimum absolute atomic E-state index is 0.138. The van der Waals surface area contributed by atoms with Crippen molar-refractivity contribution in [1.29, 1.82) is 0 Å². The molecule has 1 aliphatic heterocycles. The van der Waals surface area contributed by atoms with Gasteiger partial charge < -0.3 is 10.0 Å². The third-order valence-corrected chi connectivity index (χ3v) is 3.00. The van der Waals surface area contributed by atoms with Crippen LogP contribution in [0.3, 0.4) is 0 Å². The van der Waals surface area contributed by atoms with Crippen LogP contribution in [0.5, 0.6) is 0 Å². The van der Waals surface area contributed by atoms with E-state index in [1.807, 2.05) is 19.1 Å². The van der Waals surface area contributed by atoms with E-state index < -0.39 is 5.97 Å². The molecular weight excluding hydrogens is 204 g/mol. The van der Waals surface area contributed by atoms with E-state index in [0.717, 1.165) is 30.8 Å². The fourth-order valence-electron chi connectivity index (χ4n) is 2.30. The number of aliphatic carboxylic acids is 1. The van der Waals surface area contributed by atoms with Crippen molar-refractivity contribution in [2.45, 2.75) is 32.2 Å². The maximum Gasteiger partial charge on any atom is 0.305 e. The first kappa shape index (κ1) is 10.9. The van der Waals surface area contributed by atoms with Gasteiger partial charge in [0.2, 0.25) is 0 Å². The largest absolute Gasteiger partial charge is 0.481 e. The van der Waals surface area contributed by atoms with Crippen LogP contribution in [0.15, 0.2) is 18.3 Å². The lowest BCUT2D eigenvalue weighted by atomic mass is 10.1. The van der Waals surface area contributed by atoms with Gasteiger partial charge in [-0.1, -0.05) is 0 Å². The number of pyridine rings is 1. The second-order valence-corrected chi connectivity index (χ2v) is 4.24. The predicted octanol–water partition coefficient (Wildman–Crippen LogP) is 1.83. The van der Waals surface area contributed by atoms with Crippen molar-refractivity contribution in [2.24, 2.45) is 0 Å². The molecule has 86 valence electrons. The van der Waals surface area contributed by atoms with Crippen LogP contribution in [0.4, 0.5) is 5.69 Å². The van der Waals surface area contributed by atoms with Crippen molar-refractivity contribution in [1.82, 2.24) is 4.98 Å². The molecule has 2 rings (SSSR count). The molecule has 0 aliphatic carbocycles. The number of aryl methyl sites for hydroxylation is 1. The fourth-order valence-corrected chi connectivity index (χ4v) is 2.30. The first-order chi connectivity index (χ1) is 7.66. The standard InChI is InChI=1S/C12H16N2O2/c1-9-7-11(4-5-13-9)14-6-2-3-10(14)8-12(15)16/h4-5,7,10H,2-3,6,8H2,1H3,(H,15,16). The number of hydrogen-bond donors (Lipinski definition) is 1. The Morgan fingerprint density at radius 3 is 3.19 bits per heavy atom. The highest BCUT2D eigenvalue weighted by molar-refractivity contribution is 5.68. The molecule has 0 saturated carbocycles. The Bertz CT molecular complexity index is 392. The second kappa shape index (κ2) is 4.51. The molecule has 0 spiro atoms. The summed E-state index contributed by atoms with van der Waals surface area (Å²) < 4.78 is 0. The van der Waals surface area contributed by atoms with Gasteiger partial charge in [-0.3, -0.25) is 9.78 Å². The Morgan fingerprint density at radius 1 is 1.69 bits per heavy atom. The molecule has 0 aromatic carbocycles. The molecule has 1 aromatic rings. The number of hydrogen-bond acceptors (Lipinski definition) is 3. The molecule has 0 bridgehead atoms. The molecule has 4 heteroatoms. The van der Waals surface area contributed by atoms with E-state index in [-0.39, 0.29) is 12.5 Å². The SMILES string of the molecule is Cc1cc(N2CCCC2CC(=O)O)ccn1. The highest BCUT2D eigenvalue weighted by Gasteiger charge is 2.26. The van der Waals surface area contributed by atoms with Crippen LogP contribution in [0.2, 0.25) is 0 Å². The Balaban J connectivity index is 2.16. The summed E-state index contributed by atoms with van der Waals surface area (Å²) in [7, 11) is 0. The van der Waals surface area contributed by atoms with E-state index >= 15 is 0 Å². The highest BCUT2D eigenvalue weighted by atomic mass is 16.4. The van der Waals surface area contributed by atoms with Crippen LogP contribution in [0.25, 0.3) is 0 Å². The molecule has 1 atom stereocenters. The Hall–Kier alpha value is -1.58. The highest BCUT2D eigenvalue weighted by Crippen LogP contribution is 2.27. The van der Waals surface area contributed by atoms with Crippen LogP contribution in [0.1, 0.15) is 25.0 Å². The lowest BCUT2D eigenvalue weighted by Crippen LogP contribution is -2.31. The maximum absolute atomic E-state index is 10.8. The van der Waals surface area contributed by atoms with Gasteiger partial charge in [0, 0.05) is 30.2 Å². The van der Waals surface area contributed by atoms with Crippen molar-refractivity contribution in [3.63, 3.8) is 0 Å². The first-order valence-corrected chi connectivity index (χ1v) is 5.58. The van der Waals surface area contributed by atoms with Crippen molar-refractivity contribution in [2.75, 3.05) is 11.4 Å². The van der Waals surface area contributed by atoms with Crippen LogP contribution >= 0.6 is 0 Å². The summed E-state index contributed by atoms with van der Waals surface area (Å²) in [5.41, 5.74) is 2.06. The summed E-state index contributed by atoms with van der Waals surface area (Å²) in [6.07, 6.45) is 4.04. The quantitative estimate of drug-likeness (QED) is 0.844. The van der Waals surface area contributed by atoms with Gasteiger partial charge in [-0.25, -0.2) is 0 Å². The van der Waals surface area contributed by atoms with Crippen molar-refractivity contribution in [3.05, 3.63) is 24.0 Å². The molecule has 1 aromatic heterocycles. The van der Waals surface area contributed by atoms with Crippen molar-refractivity contribution >= 4 is 11.7 Å². The van der Waals surface area contributed by atoms with Crippen LogP contribution in [-0.2, 0) is 4.79 Å². The summed E-state index contributed by atoms with van der Waals surface area (Å²) in [6, 6.07) is 4.10. The molecule has 0 radical (unpaired) electrons. The number of aromatic nitrogens is 1. The lowest BCUT2D eigenvalue weighted by molar-refractivity contribution is -0.137. The number of anilines is 1. The number of nitrogens with zero attached hydrogens (tertiary/aromatic N) is 2. The average Bonchev–Trinajstić information content (AvgIpc) is 2.65. The first-order valence-electron chi connectivity index (χ1n) is 5.58. The van der Waals surface area contributed by atoms with Gasteiger partial charge in [-0.15, -0.1) is 0 Å². The third-order valence-electron chi connectivity index (χ3n) is 3.00. The van der Waals surface area contributed by atoms with E-state index in [9.17, 15) is 4.79 Å². The third kappa shape index (κ3) is 2.32. The van der Waals surface area contributed by atoms with Crippen LogP contribution in [0, 0.1) is 6.92 Å². The number of carbonyl (C=O) groups is 1. The normalized spacial score (nSPS) is 20.1. The Labute approximate surface area is 94.9 Å². The summed E-state index contributed by atoms with van der Waals surface area (Å²) >= 11 is 0. The van der Waals surface area contributed by atoms with Gasteiger partial charge in [0.25, 0.3) is 0 Å². The zero-order valence-electron chi connectivity index (χ0n) is 9.39. The van der Waals surface area contributed by atoms with Crippen molar-refractivity contribution in [3.8, 4) is 0 Å². The second-order valence-electron chi connectivity index (χ2n) is 4.24. The molecule has 1 unspecified atom stereocenters. The number of carboxylic acids is 1. The molecule has 1 fully saturated rings. The van der Waals surface area contributed by atoms with E-state index in [1.54, 1.807) is 6.20 Å². The van der Waals surface area contributed by atoms with Gasteiger partial charge in [-0.05, 0) is 31.9 Å². The molecule has 4 nitrogen and oxygen atoms in total. The van der Waals surface area contributed by atoms with E-state index in [0.29, 0.717) is 0 Å². The molecule has 16 heavy (non-hydrogen) atoms.